The van der Waals surface area contributed by atoms with Gasteiger partial charge in [-0.1, -0.05) is 12.2 Å². The summed E-state index contributed by atoms with van der Waals surface area (Å²) in [5.74, 6) is -0.384. The number of ether oxygens (including phenoxy) is 1. The van der Waals surface area contributed by atoms with E-state index in [2.05, 4.69) is 17.2 Å². The fraction of sp³-hybridized carbons (Fsp3) is 0.286. The monoisotopic (exact) mass is 214 g/mol. The average molecular weight is 214 g/mol. The van der Waals surface area contributed by atoms with Crippen LogP contribution in [0.5, 0.6) is 0 Å². The van der Waals surface area contributed by atoms with Gasteiger partial charge in [0.2, 0.25) is 0 Å². The first kappa shape index (κ1) is 8.13. The molecule has 0 bridgehead atoms. The van der Waals surface area contributed by atoms with Gasteiger partial charge in [-0.3, -0.25) is 4.79 Å². The van der Waals surface area contributed by atoms with Gasteiger partial charge in [0.25, 0.3) is 0 Å². The van der Waals surface area contributed by atoms with Crippen LogP contribution in [0.2, 0.25) is 0 Å². The Kier molecular flexibility index (Phi) is 1.53. The van der Waals surface area contributed by atoms with Crippen molar-refractivity contribution in [2.24, 2.45) is 5.41 Å². The van der Waals surface area contributed by atoms with E-state index in [1.54, 1.807) is 0 Å². The summed E-state index contributed by atoms with van der Waals surface area (Å²) in [4.78, 5) is 11.8. The minimum absolute atomic E-state index is 0.294. The fourth-order valence-corrected chi connectivity index (χ4v) is 2.37. The second-order valence-electron chi connectivity index (χ2n) is 2.65. The molecular formula is C7H2O2S3. The zero-order valence-corrected chi connectivity index (χ0v) is 8.20. The van der Waals surface area contributed by atoms with E-state index in [0.717, 1.165) is 0 Å². The van der Waals surface area contributed by atoms with Crippen LogP contribution in [-0.4, -0.2) is 20.9 Å². The van der Waals surface area contributed by atoms with Gasteiger partial charge in [0.1, 0.15) is 5.41 Å². The first-order valence-corrected chi connectivity index (χ1v) is 4.41. The summed E-state index contributed by atoms with van der Waals surface area (Å²) in [5.41, 5.74) is -0.161. The van der Waals surface area contributed by atoms with Crippen molar-refractivity contribution in [3.8, 4) is 0 Å². The predicted octanol–water partition coefficient (Wildman–Crippen LogP) is 1.16. The lowest BCUT2D eigenvalue weighted by Crippen LogP contribution is -2.10. The zero-order valence-electron chi connectivity index (χ0n) is 5.75. The van der Waals surface area contributed by atoms with Gasteiger partial charge in [0.05, 0.1) is 4.86 Å². The molecule has 2 fully saturated rings. The van der Waals surface area contributed by atoms with Crippen molar-refractivity contribution in [3.63, 3.8) is 0 Å². The van der Waals surface area contributed by atoms with Gasteiger partial charge >= 0.3 is 5.97 Å². The molecule has 0 aromatic rings. The zero-order chi connectivity index (χ0) is 8.93. The van der Waals surface area contributed by atoms with Crippen molar-refractivity contribution < 1.29 is 9.53 Å². The maximum atomic E-state index is 11.2. The molecule has 0 N–H and O–H groups in total. The normalized spacial score (nSPS) is 32.3. The average Bonchev–Trinajstić information content (AvgIpc) is 2.43. The van der Waals surface area contributed by atoms with Crippen LogP contribution in [0.4, 0.5) is 0 Å². The second-order valence-corrected chi connectivity index (χ2v) is 3.72. The van der Waals surface area contributed by atoms with Crippen LogP contribution in [0.25, 0.3) is 0 Å². The van der Waals surface area contributed by atoms with E-state index >= 15 is 0 Å². The summed E-state index contributed by atoms with van der Waals surface area (Å²) < 4.78 is 4.74. The van der Waals surface area contributed by atoms with Crippen LogP contribution >= 0.6 is 36.7 Å². The van der Waals surface area contributed by atoms with Crippen molar-refractivity contribution in [1.82, 2.24) is 0 Å². The molecule has 0 radical (unpaired) electrons. The maximum absolute atomic E-state index is 11.2. The van der Waals surface area contributed by atoms with Crippen molar-refractivity contribution in [2.45, 2.75) is 6.42 Å². The third-order valence-corrected chi connectivity index (χ3v) is 3.03. The molecule has 5 heteroatoms. The highest BCUT2D eigenvalue weighted by atomic mass is 32.1. The molecule has 1 aliphatic heterocycles. The van der Waals surface area contributed by atoms with E-state index in [1.165, 1.54) is 0 Å². The third-order valence-electron chi connectivity index (χ3n) is 2.05. The molecule has 2 nitrogen and oxygen atoms in total. The van der Waals surface area contributed by atoms with Gasteiger partial charge in [0, 0.05) is 12.0 Å². The Hall–Kier alpha value is -0.480. The van der Waals surface area contributed by atoms with Crippen LogP contribution in [0.15, 0.2) is 5.57 Å². The summed E-state index contributed by atoms with van der Waals surface area (Å²) >= 11 is 14.3. The first-order chi connectivity index (χ1) is 5.63. The van der Waals surface area contributed by atoms with Gasteiger partial charge in [-0.05, 0) is 29.5 Å². The summed E-state index contributed by atoms with van der Waals surface area (Å²) in [7, 11) is 0. The molecule has 60 valence electrons. The summed E-state index contributed by atoms with van der Waals surface area (Å²) in [6.45, 7) is 0. The van der Waals surface area contributed by atoms with Crippen LogP contribution in [0.3, 0.4) is 0 Å². The molecule has 0 amide bonds. The van der Waals surface area contributed by atoms with E-state index in [4.69, 9.17) is 29.2 Å². The molecule has 1 heterocycles. The van der Waals surface area contributed by atoms with Gasteiger partial charge in [0.15, 0.2) is 5.05 Å². The van der Waals surface area contributed by atoms with Crippen molar-refractivity contribution in [1.29, 1.82) is 0 Å². The van der Waals surface area contributed by atoms with E-state index < -0.39 is 5.41 Å². The maximum Gasteiger partial charge on any atom is 0.329 e. The fourth-order valence-electron chi connectivity index (χ4n) is 1.31. The Labute approximate surface area is 84.6 Å². The largest absolute Gasteiger partial charge is 0.418 e. The number of esters is 1. The van der Waals surface area contributed by atoms with E-state index in [0.29, 0.717) is 21.9 Å². The molecule has 12 heavy (non-hydrogen) atoms. The van der Waals surface area contributed by atoms with Crippen molar-refractivity contribution >= 4 is 57.6 Å². The molecule has 0 aromatic carbocycles. The number of carbonyl (C=O) groups is 1. The third kappa shape index (κ3) is 0.742. The summed E-state index contributed by atoms with van der Waals surface area (Å²) in [6.07, 6.45) is 0.374. The van der Waals surface area contributed by atoms with Crippen LogP contribution in [0.1, 0.15) is 6.42 Å². The summed E-state index contributed by atoms with van der Waals surface area (Å²) in [6, 6.07) is 0. The molecule has 1 aliphatic carbocycles. The molecule has 1 saturated heterocycles. The number of rotatable bonds is 0. The SMILES string of the molecule is O=C1OC(=S)CC12C(=S)C2=C=S. The lowest BCUT2D eigenvalue weighted by atomic mass is 10.1. The number of hydrogen-bond acceptors (Lipinski definition) is 5. The molecule has 1 atom stereocenters. The highest BCUT2D eigenvalue weighted by Gasteiger charge is 2.67. The molecule has 2 aliphatic rings. The molecular weight excluding hydrogens is 212 g/mol. The Morgan fingerprint density at radius 1 is 1.50 bits per heavy atom. The highest BCUT2D eigenvalue weighted by molar-refractivity contribution is 7.83. The number of cyclic esters (lactones) is 1. The van der Waals surface area contributed by atoms with Crippen molar-refractivity contribution in [2.75, 3.05) is 0 Å². The highest BCUT2D eigenvalue weighted by Crippen LogP contribution is 2.54. The van der Waals surface area contributed by atoms with Crippen LogP contribution in [-0.2, 0) is 9.53 Å². The van der Waals surface area contributed by atoms with Gasteiger partial charge < -0.3 is 4.74 Å². The summed E-state index contributed by atoms with van der Waals surface area (Å²) in [5, 5.41) is 2.76. The topological polar surface area (TPSA) is 26.3 Å². The van der Waals surface area contributed by atoms with Crippen LogP contribution < -0.4 is 0 Å². The van der Waals surface area contributed by atoms with Gasteiger partial charge in [-0.2, -0.15) is 0 Å². The lowest BCUT2D eigenvalue weighted by molar-refractivity contribution is -0.136. The van der Waals surface area contributed by atoms with Gasteiger partial charge in [-0.15, -0.1) is 0 Å². The standard InChI is InChI=1S/C7H2O2S3/c8-6-7(1-4(11)9-6)3(2-10)5(7)12/h1H2. The Morgan fingerprint density at radius 3 is 2.50 bits per heavy atom. The van der Waals surface area contributed by atoms with E-state index in [1.807, 2.05) is 0 Å². The van der Waals surface area contributed by atoms with Gasteiger partial charge in [-0.25, -0.2) is 0 Å². The molecule has 0 aromatic heterocycles. The number of hydrogen-bond donors (Lipinski definition) is 0. The smallest absolute Gasteiger partial charge is 0.329 e. The number of carbonyl (C=O) groups excluding carboxylic acids is 1. The quantitative estimate of drug-likeness (QED) is 0.342. The lowest BCUT2D eigenvalue weighted by Gasteiger charge is -1.91. The van der Waals surface area contributed by atoms with Crippen molar-refractivity contribution in [3.05, 3.63) is 5.57 Å². The number of thiocarbonyl (C=S) groups is 3. The van der Waals surface area contributed by atoms with Crippen LogP contribution in [0, 0.1) is 5.41 Å². The van der Waals surface area contributed by atoms with E-state index in [-0.39, 0.29) is 5.97 Å². The molecule has 2 rings (SSSR count). The Balaban J connectivity index is 2.50. The second kappa shape index (κ2) is 2.26. The predicted molar refractivity (Wildman–Crippen MR) is 54.4 cm³/mol. The first-order valence-electron chi connectivity index (χ1n) is 3.18. The Morgan fingerprint density at radius 2 is 2.17 bits per heavy atom. The molecule has 1 unspecified atom stereocenters. The molecule has 1 spiro atoms. The Bertz CT molecular complexity index is 378. The molecule has 1 saturated carbocycles. The van der Waals surface area contributed by atoms with E-state index in [9.17, 15) is 4.79 Å². The minimum Gasteiger partial charge on any atom is -0.418 e. The minimum atomic E-state index is -0.770.